The zero-order valence-corrected chi connectivity index (χ0v) is 12.7. The van der Waals surface area contributed by atoms with Gasteiger partial charge in [0.25, 0.3) is 0 Å². The van der Waals surface area contributed by atoms with Crippen molar-refractivity contribution < 1.29 is 4.74 Å². The quantitative estimate of drug-likeness (QED) is 0.898. The smallest absolute Gasteiger partial charge is 0.157 e. The summed E-state index contributed by atoms with van der Waals surface area (Å²) in [6, 6.07) is 8.14. The predicted molar refractivity (Wildman–Crippen MR) is 83.3 cm³/mol. The van der Waals surface area contributed by atoms with Crippen molar-refractivity contribution in [3.8, 4) is 5.75 Å². The zero-order valence-electron chi connectivity index (χ0n) is 11.9. The van der Waals surface area contributed by atoms with E-state index in [4.69, 9.17) is 4.74 Å². The molecule has 3 nitrogen and oxygen atoms in total. The normalized spacial score (nSPS) is 24.5. The van der Waals surface area contributed by atoms with Crippen LogP contribution < -0.4 is 10.1 Å². The van der Waals surface area contributed by atoms with Gasteiger partial charge in [-0.2, -0.15) is 0 Å². The summed E-state index contributed by atoms with van der Waals surface area (Å²) >= 11 is 1.83. The molecule has 1 aliphatic rings. The summed E-state index contributed by atoms with van der Waals surface area (Å²) in [6.45, 7) is 5.27. The molecular formula is C15H22N2OS. The van der Waals surface area contributed by atoms with Gasteiger partial charge in [-0.05, 0) is 31.4 Å². The second-order valence-electron chi connectivity index (χ2n) is 5.08. The summed E-state index contributed by atoms with van der Waals surface area (Å²) in [7, 11) is 1.71. The number of methoxy groups -OCH3 is 1. The Labute approximate surface area is 119 Å². The second-order valence-corrected chi connectivity index (χ2v) is 6.04. The average molecular weight is 278 g/mol. The summed E-state index contributed by atoms with van der Waals surface area (Å²) in [4.78, 5) is 4.65. The van der Waals surface area contributed by atoms with Crippen molar-refractivity contribution in [1.29, 1.82) is 0 Å². The molecule has 0 saturated carbocycles. The molecule has 19 heavy (non-hydrogen) atoms. The maximum absolute atomic E-state index is 5.35. The Morgan fingerprint density at radius 2 is 2.21 bits per heavy atom. The molecule has 1 heterocycles. The number of hydrogen-bond acceptors (Lipinski definition) is 3. The van der Waals surface area contributed by atoms with Crippen LogP contribution in [0.25, 0.3) is 0 Å². The molecule has 0 radical (unpaired) electrons. The number of thioether (sulfide) groups is 1. The Morgan fingerprint density at radius 3 is 2.89 bits per heavy atom. The summed E-state index contributed by atoms with van der Waals surface area (Å²) < 4.78 is 5.35. The highest BCUT2D eigenvalue weighted by Crippen LogP contribution is 2.25. The number of hydrogen-bond donors (Lipinski definition) is 1. The van der Waals surface area contributed by atoms with Crippen LogP contribution in [0.4, 0.5) is 0 Å². The molecule has 1 saturated heterocycles. The van der Waals surface area contributed by atoms with Crippen molar-refractivity contribution in [2.24, 2.45) is 4.99 Å². The standard InChI is InChI=1S/C15H22N2OS/c1-4-15(2)11-19-14(17-15)16-10-9-12-7-5-6-8-13(12)18-3/h5-8H,4,9-11H2,1-3H3,(H,16,17). The number of para-hydroxylation sites is 1. The van der Waals surface area contributed by atoms with Crippen molar-refractivity contribution in [1.82, 2.24) is 5.32 Å². The number of aliphatic imine (C=N–C) groups is 1. The molecule has 0 aromatic heterocycles. The van der Waals surface area contributed by atoms with Crippen LogP contribution in [-0.2, 0) is 6.42 Å². The first-order valence-electron chi connectivity index (χ1n) is 6.74. The topological polar surface area (TPSA) is 33.6 Å². The van der Waals surface area contributed by atoms with Crippen LogP contribution in [-0.4, -0.2) is 30.1 Å². The molecule has 104 valence electrons. The van der Waals surface area contributed by atoms with Crippen LogP contribution in [0, 0.1) is 0 Å². The van der Waals surface area contributed by atoms with Crippen molar-refractivity contribution in [2.45, 2.75) is 32.2 Å². The molecule has 1 aliphatic heterocycles. The highest BCUT2D eigenvalue weighted by molar-refractivity contribution is 8.14. The van der Waals surface area contributed by atoms with E-state index in [1.165, 1.54) is 5.56 Å². The Balaban J connectivity index is 1.90. The van der Waals surface area contributed by atoms with E-state index in [1.807, 2.05) is 30.0 Å². The fourth-order valence-electron chi connectivity index (χ4n) is 2.02. The lowest BCUT2D eigenvalue weighted by atomic mass is 10.0. The van der Waals surface area contributed by atoms with Crippen LogP contribution in [0.1, 0.15) is 25.8 Å². The van der Waals surface area contributed by atoms with Gasteiger partial charge in [-0.3, -0.25) is 4.99 Å². The predicted octanol–water partition coefficient (Wildman–Crippen LogP) is 3.10. The highest BCUT2D eigenvalue weighted by atomic mass is 32.2. The van der Waals surface area contributed by atoms with E-state index < -0.39 is 0 Å². The van der Waals surface area contributed by atoms with Gasteiger partial charge in [-0.1, -0.05) is 36.9 Å². The Morgan fingerprint density at radius 1 is 1.42 bits per heavy atom. The monoisotopic (exact) mass is 278 g/mol. The van der Waals surface area contributed by atoms with Gasteiger partial charge in [-0.25, -0.2) is 0 Å². The third-order valence-corrected chi connectivity index (χ3v) is 4.83. The average Bonchev–Trinajstić information content (AvgIpc) is 2.82. The van der Waals surface area contributed by atoms with Gasteiger partial charge in [0.2, 0.25) is 0 Å². The van der Waals surface area contributed by atoms with Crippen molar-refractivity contribution in [3.63, 3.8) is 0 Å². The van der Waals surface area contributed by atoms with Crippen molar-refractivity contribution in [2.75, 3.05) is 19.4 Å². The first-order valence-corrected chi connectivity index (χ1v) is 7.73. The first-order chi connectivity index (χ1) is 9.17. The molecule has 0 bridgehead atoms. The van der Waals surface area contributed by atoms with Gasteiger partial charge in [0.15, 0.2) is 5.17 Å². The van der Waals surface area contributed by atoms with E-state index in [2.05, 4.69) is 30.2 Å². The summed E-state index contributed by atoms with van der Waals surface area (Å²) in [5, 5.41) is 4.60. The third-order valence-electron chi connectivity index (χ3n) is 3.55. The first kappa shape index (κ1) is 14.3. The third kappa shape index (κ3) is 3.66. The van der Waals surface area contributed by atoms with Crippen molar-refractivity contribution in [3.05, 3.63) is 29.8 Å². The Hall–Kier alpha value is -1.16. The second kappa shape index (κ2) is 6.33. The van der Waals surface area contributed by atoms with Crippen LogP contribution >= 0.6 is 11.8 Å². The van der Waals surface area contributed by atoms with Gasteiger partial charge < -0.3 is 10.1 Å². The Kier molecular flexibility index (Phi) is 4.75. The maximum atomic E-state index is 5.35. The van der Waals surface area contributed by atoms with Gasteiger partial charge in [-0.15, -0.1) is 0 Å². The largest absolute Gasteiger partial charge is 0.496 e. The van der Waals surface area contributed by atoms with Crippen LogP contribution in [0.2, 0.25) is 0 Å². The molecule has 4 heteroatoms. The Bertz CT molecular complexity index is 461. The molecule has 2 rings (SSSR count). The summed E-state index contributed by atoms with van der Waals surface area (Å²) in [5.41, 5.74) is 1.43. The fourth-order valence-corrected chi connectivity index (χ4v) is 3.25. The lowest BCUT2D eigenvalue weighted by Gasteiger charge is -2.20. The molecule has 1 aromatic carbocycles. The molecule has 1 fully saturated rings. The maximum Gasteiger partial charge on any atom is 0.157 e. The molecule has 1 atom stereocenters. The van der Waals surface area contributed by atoms with E-state index in [9.17, 15) is 0 Å². The van der Waals surface area contributed by atoms with E-state index in [0.29, 0.717) is 0 Å². The van der Waals surface area contributed by atoms with Crippen LogP contribution in [0.5, 0.6) is 5.75 Å². The minimum Gasteiger partial charge on any atom is -0.496 e. The van der Waals surface area contributed by atoms with Crippen LogP contribution in [0.15, 0.2) is 29.3 Å². The molecule has 1 unspecified atom stereocenters. The van der Waals surface area contributed by atoms with Crippen molar-refractivity contribution >= 4 is 16.9 Å². The molecule has 0 aliphatic carbocycles. The molecule has 0 amide bonds. The number of amidine groups is 1. The van der Waals surface area contributed by atoms with E-state index in [-0.39, 0.29) is 5.54 Å². The number of benzene rings is 1. The van der Waals surface area contributed by atoms with Gasteiger partial charge in [0.05, 0.1) is 7.11 Å². The lowest BCUT2D eigenvalue weighted by molar-refractivity contribution is 0.410. The zero-order chi connectivity index (χ0) is 13.7. The SMILES string of the molecule is CCC1(C)CSC(=NCCc2ccccc2OC)N1. The molecule has 0 spiro atoms. The van der Waals surface area contributed by atoms with Gasteiger partial charge >= 0.3 is 0 Å². The van der Waals surface area contributed by atoms with Gasteiger partial charge in [0, 0.05) is 17.8 Å². The van der Waals surface area contributed by atoms with E-state index in [1.54, 1.807) is 7.11 Å². The molecule has 1 N–H and O–H groups in total. The minimum atomic E-state index is 0.216. The summed E-state index contributed by atoms with van der Waals surface area (Å²) in [5.74, 6) is 2.06. The number of nitrogens with zero attached hydrogens (tertiary/aromatic N) is 1. The van der Waals surface area contributed by atoms with Crippen LogP contribution in [0.3, 0.4) is 0 Å². The van der Waals surface area contributed by atoms with E-state index >= 15 is 0 Å². The molecular weight excluding hydrogens is 256 g/mol. The van der Waals surface area contributed by atoms with E-state index in [0.717, 1.165) is 36.1 Å². The minimum absolute atomic E-state index is 0.216. The summed E-state index contributed by atoms with van der Waals surface area (Å²) in [6.07, 6.45) is 2.05. The van der Waals surface area contributed by atoms with Gasteiger partial charge in [0.1, 0.15) is 5.75 Å². The fraction of sp³-hybridized carbons (Fsp3) is 0.533. The lowest BCUT2D eigenvalue weighted by Crippen LogP contribution is -2.39. The number of rotatable bonds is 5. The highest BCUT2D eigenvalue weighted by Gasteiger charge is 2.30. The number of ether oxygens (including phenoxy) is 1. The molecule has 1 aromatic rings. The number of nitrogens with one attached hydrogen (secondary N) is 1.